The Balaban J connectivity index is 2.91. The van der Waals surface area contributed by atoms with Crippen LogP contribution in [-0.2, 0) is 0 Å². The van der Waals surface area contributed by atoms with Crippen LogP contribution in [0.25, 0.3) is 0 Å². The van der Waals surface area contributed by atoms with Gasteiger partial charge in [0.15, 0.2) is 0 Å². The molecule has 0 heterocycles. The molecule has 0 saturated carbocycles. The van der Waals surface area contributed by atoms with Gasteiger partial charge in [-0.05, 0) is 0 Å². The van der Waals surface area contributed by atoms with E-state index < -0.39 is 8.07 Å². The van der Waals surface area contributed by atoms with Crippen LogP contribution in [0.3, 0.4) is 0 Å². The van der Waals surface area contributed by atoms with E-state index in [1.54, 1.807) is 4.86 Å². The minimum atomic E-state index is -0.948. The fourth-order valence-electron chi connectivity index (χ4n) is 1.50. The van der Waals surface area contributed by atoms with E-state index in [0.29, 0.717) is 0 Å². The number of rotatable bonds is 1. The minimum absolute atomic E-state index is 0.923. The van der Waals surface area contributed by atoms with Gasteiger partial charge in [-0.3, -0.25) is 0 Å². The quantitative estimate of drug-likeness (QED) is 0.538. The second-order valence-corrected chi connectivity index (χ2v) is 11.0. The van der Waals surface area contributed by atoms with Crippen LogP contribution in [0.5, 0.6) is 0 Å². The van der Waals surface area contributed by atoms with Gasteiger partial charge in [0, 0.05) is 0 Å². The molecule has 0 aromatic carbocycles. The first kappa shape index (κ1) is 9.42. The van der Waals surface area contributed by atoms with Crippen molar-refractivity contribution in [1.82, 2.24) is 0 Å². The summed E-state index contributed by atoms with van der Waals surface area (Å²) < 4.78 is 1.78. The van der Waals surface area contributed by atoms with Gasteiger partial charge in [0.05, 0.1) is 0 Å². The van der Waals surface area contributed by atoms with Gasteiger partial charge >= 0.3 is 100 Å². The van der Waals surface area contributed by atoms with Crippen LogP contribution in [0.2, 0.25) is 19.6 Å². The molecule has 0 nitrogen and oxygen atoms in total. The van der Waals surface area contributed by atoms with Crippen LogP contribution < -0.4 is 0 Å². The van der Waals surface area contributed by atoms with Gasteiger partial charge in [-0.25, -0.2) is 0 Å². The molecule has 0 aromatic heterocycles. The van der Waals surface area contributed by atoms with Crippen molar-refractivity contribution in [1.29, 1.82) is 0 Å². The molecule has 0 atom stereocenters. The summed E-state index contributed by atoms with van der Waals surface area (Å²) in [5.74, 6) is 0. The molecule has 0 fully saturated rings. The predicted molar refractivity (Wildman–Crippen MR) is 49.9 cm³/mol. The van der Waals surface area contributed by atoms with Crippen LogP contribution in [0.15, 0.2) is 17.0 Å². The fraction of sp³-hybridized carbons (Fsp3) is 0.500. The third-order valence-corrected chi connectivity index (χ3v) is 6.45. The number of hydrogen-bond acceptors (Lipinski definition) is 0. The average molecular weight is 176 g/mol. The molecule has 0 bridgehead atoms. The van der Waals surface area contributed by atoms with E-state index in [2.05, 4.69) is 31.8 Å². The summed E-state index contributed by atoms with van der Waals surface area (Å²) >= 11 is 0.923. The van der Waals surface area contributed by atoms with Gasteiger partial charge in [-0.1, -0.05) is 0 Å². The zero-order valence-electron chi connectivity index (χ0n) is 7.36. The Labute approximate surface area is 98.4 Å². The van der Waals surface area contributed by atoms with Crippen molar-refractivity contribution in [2.75, 3.05) is 0 Å². The van der Waals surface area contributed by atoms with E-state index in [4.69, 9.17) is 0 Å². The fourth-order valence-corrected chi connectivity index (χ4v) is 7.64. The summed E-state index contributed by atoms with van der Waals surface area (Å²) in [7, 11) is -0.948. The third-order valence-electron chi connectivity index (χ3n) is 1.98. The van der Waals surface area contributed by atoms with Crippen LogP contribution >= 0.6 is 0 Å². The zero-order valence-corrected chi connectivity index (χ0v) is 11.5. The van der Waals surface area contributed by atoms with Crippen molar-refractivity contribution >= 4 is 57.0 Å². The van der Waals surface area contributed by atoms with Crippen molar-refractivity contribution in [3.8, 4) is 0 Å². The molecule has 0 spiro atoms. The van der Waals surface area contributed by atoms with Gasteiger partial charge < -0.3 is 0 Å². The van der Waals surface area contributed by atoms with Gasteiger partial charge in [-0.2, -0.15) is 0 Å². The molecule has 50 valence electrons. The molecule has 0 aliphatic heterocycles. The number of allylic oxidation sites excluding steroid dienone is 4. The average Bonchev–Trinajstić information content (AvgIpc) is 2.11. The molecule has 0 radical (unpaired) electrons. The molecule has 0 unspecified atom stereocenters. The maximum atomic E-state index is 2.43. The molecular weight excluding hydrogens is 163 g/mol. The maximum absolute atomic E-state index is 2.43. The van der Waals surface area contributed by atoms with Gasteiger partial charge in [0.2, 0.25) is 0 Å². The summed E-state index contributed by atoms with van der Waals surface area (Å²) in [6.45, 7) is 7.30. The Morgan fingerprint density at radius 1 is 1.40 bits per heavy atom. The SMILES string of the molecule is C[Si](C)(C)C1=[C]([K])CC=C1. The van der Waals surface area contributed by atoms with Gasteiger partial charge in [0.1, 0.15) is 0 Å². The molecule has 0 saturated heterocycles. The summed E-state index contributed by atoms with van der Waals surface area (Å²) in [5.41, 5.74) is 0. The van der Waals surface area contributed by atoms with Gasteiger partial charge in [-0.15, -0.1) is 0 Å². The first-order valence-electron chi connectivity index (χ1n) is 3.88. The van der Waals surface area contributed by atoms with E-state index in [1.807, 2.05) is 0 Å². The Morgan fingerprint density at radius 3 is 2.20 bits per heavy atom. The second-order valence-electron chi connectivity index (χ2n) is 4.05. The van der Waals surface area contributed by atoms with Crippen LogP contribution in [0.1, 0.15) is 6.42 Å². The molecular formula is C8H13KSi. The summed E-state index contributed by atoms with van der Waals surface area (Å²) in [6.07, 6.45) is 5.97. The topological polar surface area (TPSA) is 0 Å². The van der Waals surface area contributed by atoms with E-state index >= 15 is 0 Å². The second kappa shape index (κ2) is 3.37. The van der Waals surface area contributed by atoms with E-state index in [0.717, 1.165) is 49.0 Å². The molecule has 0 amide bonds. The van der Waals surface area contributed by atoms with Crippen molar-refractivity contribution in [3.05, 3.63) is 17.0 Å². The molecule has 0 aromatic rings. The Hall–Kier alpha value is 1.33. The zero-order chi connectivity index (χ0) is 7.78. The first-order valence-corrected chi connectivity index (χ1v) is 8.95. The monoisotopic (exact) mass is 176 g/mol. The molecule has 2 heteroatoms. The molecule has 0 N–H and O–H groups in total. The van der Waals surface area contributed by atoms with E-state index in [1.165, 1.54) is 6.42 Å². The van der Waals surface area contributed by atoms with Crippen LogP contribution in [-0.4, -0.2) is 57.0 Å². The third kappa shape index (κ3) is 2.16. The summed E-state index contributed by atoms with van der Waals surface area (Å²) in [5, 5.41) is 1.74. The Morgan fingerprint density at radius 2 is 2.00 bits per heavy atom. The van der Waals surface area contributed by atoms with Crippen molar-refractivity contribution in [2.45, 2.75) is 26.1 Å². The van der Waals surface area contributed by atoms with Crippen molar-refractivity contribution < 1.29 is 0 Å². The molecule has 1 aliphatic carbocycles. The van der Waals surface area contributed by atoms with Gasteiger partial charge in [0.25, 0.3) is 0 Å². The number of hydrogen-bond donors (Lipinski definition) is 0. The molecule has 10 heavy (non-hydrogen) atoms. The standard InChI is InChI=1S/C8H13Si.K/c1-9(2,3)8-6-4-5-7-8;/h4,6H,5H2,1-3H3;. The summed E-state index contributed by atoms with van der Waals surface area (Å²) in [6, 6.07) is 0. The van der Waals surface area contributed by atoms with E-state index in [9.17, 15) is 0 Å². The summed E-state index contributed by atoms with van der Waals surface area (Å²) in [4.78, 5) is 0. The van der Waals surface area contributed by atoms with Crippen LogP contribution in [0.4, 0.5) is 0 Å². The first-order chi connectivity index (χ1) is 4.52. The Bertz CT molecular complexity index is 196. The van der Waals surface area contributed by atoms with Crippen molar-refractivity contribution in [3.63, 3.8) is 0 Å². The predicted octanol–water partition coefficient (Wildman–Crippen LogP) is 2.25. The van der Waals surface area contributed by atoms with E-state index in [-0.39, 0.29) is 0 Å². The van der Waals surface area contributed by atoms with Crippen LogP contribution in [0, 0.1) is 0 Å². The van der Waals surface area contributed by atoms with Crippen molar-refractivity contribution in [2.24, 2.45) is 0 Å². The normalized spacial score (nSPS) is 18.9. The molecule has 1 rings (SSSR count). The molecule has 1 aliphatic rings. The Kier molecular flexibility index (Phi) is 3.18.